The lowest BCUT2D eigenvalue weighted by molar-refractivity contribution is 1.30. The van der Waals surface area contributed by atoms with Crippen LogP contribution in [0.3, 0.4) is 0 Å². The lowest BCUT2D eigenvalue weighted by Gasteiger charge is -2.27. The molecule has 0 spiro atoms. The van der Waals surface area contributed by atoms with Crippen LogP contribution in [0, 0.1) is 0 Å². The fraction of sp³-hybridized carbons (Fsp3) is 0. The van der Waals surface area contributed by atoms with Crippen LogP contribution in [0.1, 0.15) is 0 Å². The van der Waals surface area contributed by atoms with Gasteiger partial charge in [0.05, 0.1) is 5.69 Å². The van der Waals surface area contributed by atoms with Crippen molar-refractivity contribution in [3.05, 3.63) is 200 Å². The Hall–Kier alpha value is -6.74. The molecule has 0 aliphatic carbocycles. The Kier molecular flexibility index (Phi) is 7.11. The first-order chi connectivity index (χ1) is 26.8. The molecule has 10 aromatic carbocycles. The Labute approximate surface area is 316 Å². The van der Waals surface area contributed by atoms with Crippen LogP contribution in [0.4, 0.5) is 17.1 Å². The molecule has 252 valence electrons. The quantitative estimate of drug-likeness (QED) is 0.177. The minimum atomic E-state index is 1.11. The van der Waals surface area contributed by atoms with Crippen molar-refractivity contribution >= 4 is 113 Å². The fourth-order valence-electron chi connectivity index (χ4n) is 8.70. The number of hydrogen-bond acceptors (Lipinski definition) is 2. The van der Waals surface area contributed by atoms with Crippen molar-refractivity contribution in [1.82, 2.24) is 0 Å². The Bertz CT molecular complexity index is 3340. The van der Waals surface area contributed by atoms with E-state index in [0.717, 1.165) is 17.1 Å². The van der Waals surface area contributed by atoms with Gasteiger partial charge in [-0.25, -0.2) is 0 Å². The third-order valence-electron chi connectivity index (χ3n) is 11.0. The molecule has 0 amide bonds. The van der Waals surface area contributed by atoms with Gasteiger partial charge in [-0.05, 0) is 102 Å². The summed E-state index contributed by atoms with van der Waals surface area (Å²) in [6.45, 7) is 0. The molecule has 1 heterocycles. The van der Waals surface area contributed by atoms with Crippen molar-refractivity contribution < 1.29 is 0 Å². The van der Waals surface area contributed by atoms with E-state index in [1.165, 1.54) is 84.8 Å². The van der Waals surface area contributed by atoms with Gasteiger partial charge in [-0.3, -0.25) is 0 Å². The summed E-state index contributed by atoms with van der Waals surface area (Å²) in [5.41, 5.74) is 3.38. The molecule has 11 rings (SSSR count). The van der Waals surface area contributed by atoms with Crippen molar-refractivity contribution in [2.24, 2.45) is 0 Å². The van der Waals surface area contributed by atoms with Gasteiger partial charge in [0.15, 0.2) is 0 Å². The minimum Gasteiger partial charge on any atom is -0.310 e. The highest BCUT2D eigenvalue weighted by Gasteiger charge is 2.18. The third kappa shape index (κ3) is 4.78. The monoisotopic (exact) mass is 703 g/mol. The summed E-state index contributed by atoms with van der Waals surface area (Å²) in [5, 5.41) is 17.4. The topological polar surface area (TPSA) is 3.24 Å². The van der Waals surface area contributed by atoms with Crippen molar-refractivity contribution in [1.29, 1.82) is 0 Å². The minimum absolute atomic E-state index is 1.11. The van der Waals surface area contributed by atoms with Gasteiger partial charge in [0.2, 0.25) is 0 Å². The SMILES string of the molecule is c1ccc(N(c2ccc3c(c2)c2ccccc2c2ccccc2c2ccccc2c2c3ccc3sc4ccccc4c32)c2cccc3ccccc23)cc1. The van der Waals surface area contributed by atoms with Gasteiger partial charge in [-0.1, -0.05) is 158 Å². The average molecular weight is 704 g/mol. The predicted molar refractivity (Wildman–Crippen MR) is 237 cm³/mol. The van der Waals surface area contributed by atoms with Gasteiger partial charge in [0, 0.05) is 36.9 Å². The first-order valence-corrected chi connectivity index (χ1v) is 19.3. The molecule has 54 heavy (non-hydrogen) atoms. The zero-order valence-corrected chi connectivity index (χ0v) is 30.2. The van der Waals surface area contributed by atoms with Crippen LogP contribution >= 0.6 is 11.3 Å². The molecule has 0 N–H and O–H groups in total. The van der Waals surface area contributed by atoms with Crippen LogP contribution in [0.5, 0.6) is 0 Å². The summed E-state index contributed by atoms with van der Waals surface area (Å²) in [6, 6.07) is 73.8. The maximum atomic E-state index is 2.43. The molecule has 0 unspecified atom stereocenters. The van der Waals surface area contributed by atoms with E-state index in [0.29, 0.717) is 0 Å². The molecule has 0 fully saturated rings. The van der Waals surface area contributed by atoms with E-state index in [9.17, 15) is 0 Å². The number of nitrogens with zero attached hydrogens (tertiary/aromatic N) is 1. The van der Waals surface area contributed by atoms with Crippen LogP contribution in [-0.2, 0) is 0 Å². The molecule has 0 saturated carbocycles. The molecule has 2 heteroatoms. The van der Waals surface area contributed by atoms with Crippen LogP contribution in [-0.4, -0.2) is 0 Å². The maximum absolute atomic E-state index is 2.43. The van der Waals surface area contributed by atoms with Gasteiger partial charge < -0.3 is 4.90 Å². The Morgan fingerprint density at radius 3 is 1.50 bits per heavy atom. The molecule has 1 aromatic heterocycles. The summed E-state index contributed by atoms with van der Waals surface area (Å²) >= 11 is 1.88. The van der Waals surface area contributed by atoms with Crippen molar-refractivity contribution in [3.8, 4) is 0 Å². The second kappa shape index (κ2) is 12.4. The van der Waals surface area contributed by atoms with Gasteiger partial charge in [0.1, 0.15) is 0 Å². The third-order valence-corrected chi connectivity index (χ3v) is 12.2. The zero-order valence-electron chi connectivity index (χ0n) is 29.4. The molecule has 11 aromatic rings. The number of hydrogen-bond donors (Lipinski definition) is 0. The summed E-state index contributed by atoms with van der Waals surface area (Å²) in [6.07, 6.45) is 0. The van der Waals surface area contributed by atoms with E-state index in [1.54, 1.807) is 0 Å². The predicted octanol–water partition coefficient (Wildman–Crippen LogP) is 15.6. The van der Waals surface area contributed by atoms with Crippen molar-refractivity contribution in [3.63, 3.8) is 0 Å². The summed E-state index contributed by atoms with van der Waals surface area (Å²) in [4.78, 5) is 2.42. The van der Waals surface area contributed by atoms with E-state index in [1.807, 2.05) is 11.3 Å². The fourth-order valence-corrected chi connectivity index (χ4v) is 9.81. The second-order valence-electron chi connectivity index (χ2n) is 14.0. The summed E-state index contributed by atoms with van der Waals surface area (Å²) in [7, 11) is 0. The molecule has 0 aliphatic rings. The standard InChI is InChI=1S/C52H33NS/c1-2-17-35(18-3-1)53(48-27-14-16-34-15-4-5-19-37(34)48)36-29-30-43-45-31-32-50-52(46-26-12-13-28-49(46)54-50)51(45)44-25-11-10-23-41(44)39-21-7-6-20-38(39)40-22-8-9-24-42(40)47(43)33-36/h1-33H. The van der Waals surface area contributed by atoms with Gasteiger partial charge in [-0.15, -0.1) is 11.3 Å². The van der Waals surface area contributed by atoms with E-state index < -0.39 is 0 Å². The smallest absolute Gasteiger partial charge is 0.0540 e. The van der Waals surface area contributed by atoms with Crippen LogP contribution in [0.15, 0.2) is 200 Å². The first-order valence-electron chi connectivity index (χ1n) is 18.5. The van der Waals surface area contributed by atoms with Gasteiger partial charge in [0.25, 0.3) is 0 Å². The number of rotatable bonds is 3. The average Bonchev–Trinajstić information content (AvgIpc) is 3.63. The maximum Gasteiger partial charge on any atom is 0.0540 e. The lowest BCUT2D eigenvalue weighted by Crippen LogP contribution is -2.10. The largest absolute Gasteiger partial charge is 0.310 e. The highest BCUT2D eigenvalue weighted by Crippen LogP contribution is 2.45. The molecular weight excluding hydrogens is 671 g/mol. The van der Waals surface area contributed by atoms with E-state index >= 15 is 0 Å². The van der Waals surface area contributed by atoms with Gasteiger partial charge in [-0.2, -0.15) is 0 Å². The molecule has 0 radical (unpaired) electrons. The molecular formula is C52H33NS. The van der Waals surface area contributed by atoms with E-state index in [4.69, 9.17) is 0 Å². The first kappa shape index (κ1) is 30.8. The number of thiophene rings is 1. The Balaban J connectivity index is 1.39. The van der Waals surface area contributed by atoms with Crippen LogP contribution in [0.2, 0.25) is 0 Å². The molecule has 0 bridgehead atoms. The summed E-state index contributed by atoms with van der Waals surface area (Å²) in [5.74, 6) is 0. The second-order valence-corrected chi connectivity index (χ2v) is 15.1. The van der Waals surface area contributed by atoms with E-state index in [2.05, 4.69) is 205 Å². The number of anilines is 3. The lowest BCUT2D eigenvalue weighted by atomic mass is 9.92. The number of fused-ring (bicyclic) bond motifs is 15. The van der Waals surface area contributed by atoms with E-state index in [-0.39, 0.29) is 0 Å². The summed E-state index contributed by atoms with van der Waals surface area (Å²) < 4.78 is 2.62. The van der Waals surface area contributed by atoms with Crippen molar-refractivity contribution in [2.45, 2.75) is 0 Å². The molecule has 0 saturated heterocycles. The molecule has 0 atom stereocenters. The van der Waals surface area contributed by atoms with Gasteiger partial charge >= 0.3 is 0 Å². The van der Waals surface area contributed by atoms with Crippen LogP contribution in [0.25, 0.3) is 84.8 Å². The highest BCUT2D eigenvalue weighted by atomic mass is 32.1. The Morgan fingerprint density at radius 1 is 0.278 bits per heavy atom. The zero-order chi connectivity index (χ0) is 35.6. The normalized spacial score (nSPS) is 11.7. The molecule has 0 aliphatic heterocycles. The number of benzene rings is 9. The van der Waals surface area contributed by atoms with Crippen molar-refractivity contribution in [2.75, 3.05) is 4.90 Å². The number of para-hydroxylation sites is 1. The van der Waals surface area contributed by atoms with Crippen LogP contribution < -0.4 is 4.90 Å². The highest BCUT2D eigenvalue weighted by molar-refractivity contribution is 7.26. The Morgan fingerprint density at radius 2 is 0.778 bits per heavy atom. The molecule has 1 nitrogen and oxygen atoms in total.